The fourth-order valence-electron chi connectivity index (χ4n) is 2.33. The molecule has 0 spiro atoms. The van der Waals surface area contributed by atoms with Gasteiger partial charge in [-0.15, -0.1) is 0 Å². The molecule has 0 saturated carbocycles. The highest BCUT2D eigenvalue weighted by Gasteiger charge is 2.13. The van der Waals surface area contributed by atoms with Crippen LogP contribution in [0.4, 0.5) is 11.8 Å². The number of rotatable bonds is 6. The first-order chi connectivity index (χ1) is 9.65. The van der Waals surface area contributed by atoms with Crippen LogP contribution in [0.2, 0.25) is 0 Å². The number of aliphatic hydroxyl groups is 1. The average molecular weight is 274 g/mol. The second-order valence-corrected chi connectivity index (χ2v) is 5.07. The van der Waals surface area contributed by atoms with E-state index in [9.17, 15) is 5.11 Å². The summed E-state index contributed by atoms with van der Waals surface area (Å²) in [7, 11) is 0. The number of unbranched alkanes of at least 4 members (excludes halogenated alkanes) is 1. The number of aliphatic hydroxyl groups excluding tert-OH is 1. The van der Waals surface area contributed by atoms with Crippen LogP contribution in [0.1, 0.15) is 31.7 Å². The zero-order chi connectivity index (χ0) is 14.5. The van der Waals surface area contributed by atoms with E-state index in [0.717, 1.165) is 35.7 Å². The van der Waals surface area contributed by atoms with Crippen molar-refractivity contribution < 1.29 is 5.11 Å². The third-order valence-corrected chi connectivity index (χ3v) is 3.42. The predicted molar refractivity (Wildman–Crippen MR) is 82.7 cm³/mol. The van der Waals surface area contributed by atoms with Crippen molar-refractivity contribution in [2.45, 2.75) is 39.2 Å². The van der Waals surface area contributed by atoms with Crippen LogP contribution < -0.4 is 11.1 Å². The van der Waals surface area contributed by atoms with Gasteiger partial charge in [0.05, 0.1) is 18.2 Å². The lowest BCUT2D eigenvalue weighted by Crippen LogP contribution is -2.24. The summed E-state index contributed by atoms with van der Waals surface area (Å²) in [6.07, 6.45) is 3.07. The lowest BCUT2D eigenvalue weighted by Gasteiger charge is -2.18. The minimum atomic E-state index is -0.00736. The molecule has 5 heteroatoms. The molecule has 0 fully saturated rings. The van der Waals surface area contributed by atoms with Crippen LogP contribution in [0, 0.1) is 6.92 Å². The molecule has 0 aliphatic rings. The van der Waals surface area contributed by atoms with Gasteiger partial charge < -0.3 is 16.2 Å². The highest BCUT2D eigenvalue weighted by molar-refractivity contribution is 5.92. The quantitative estimate of drug-likeness (QED) is 0.753. The maximum atomic E-state index is 9.49. The van der Waals surface area contributed by atoms with E-state index in [-0.39, 0.29) is 18.6 Å². The van der Waals surface area contributed by atoms with Gasteiger partial charge in [-0.05, 0) is 25.0 Å². The van der Waals surface area contributed by atoms with Crippen molar-refractivity contribution in [2.75, 3.05) is 17.7 Å². The minimum Gasteiger partial charge on any atom is -0.394 e. The fraction of sp³-hybridized carbons (Fsp3) is 0.467. The van der Waals surface area contributed by atoms with Crippen molar-refractivity contribution in [2.24, 2.45) is 0 Å². The maximum absolute atomic E-state index is 9.49. The van der Waals surface area contributed by atoms with E-state index < -0.39 is 0 Å². The number of fused-ring (bicyclic) bond motifs is 1. The van der Waals surface area contributed by atoms with Gasteiger partial charge in [0.1, 0.15) is 5.82 Å². The molecule has 0 amide bonds. The molecule has 1 unspecified atom stereocenters. The van der Waals surface area contributed by atoms with Crippen molar-refractivity contribution in [1.82, 2.24) is 9.97 Å². The van der Waals surface area contributed by atoms with Crippen molar-refractivity contribution in [3.63, 3.8) is 0 Å². The number of nitrogens with two attached hydrogens (primary N) is 1. The molecule has 1 heterocycles. The van der Waals surface area contributed by atoms with E-state index in [1.165, 1.54) is 0 Å². The molecule has 2 rings (SSSR count). The third kappa shape index (κ3) is 3.17. The molecule has 1 aromatic carbocycles. The minimum absolute atomic E-state index is 0.00736. The molecule has 1 aromatic heterocycles. The Morgan fingerprint density at radius 1 is 1.35 bits per heavy atom. The zero-order valence-corrected chi connectivity index (χ0v) is 12.1. The molecule has 108 valence electrons. The van der Waals surface area contributed by atoms with Gasteiger partial charge in [-0.2, -0.15) is 4.98 Å². The Hall–Kier alpha value is -1.88. The predicted octanol–water partition coefficient (Wildman–Crippen LogP) is 2.48. The molecule has 0 radical (unpaired) electrons. The monoisotopic (exact) mass is 274 g/mol. The van der Waals surface area contributed by atoms with Gasteiger partial charge in [-0.3, -0.25) is 0 Å². The first kappa shape index (κ1) is 14.5. The number of nitrogens with zero attached hydrogens (tertiary/aromatic N) is 2. The second kappa shape index (κ2) is 6.52. The molecule has 5 nitrogen and oxygen atoms in total. The molecule has 20 heavy (non-hydrogen) atoms. The normalized spacial score (nSPS) is 12.6. The number of hydrogen-bond donors (Lipinski definition) is 3. The van der Waals surface area contributed by atoms with Gasteiger partial charge in [0.25, 0.3) is 0 Å². The number of nitrogen functional groups attached to an aromatic ring is 1. The fourth-order valence-corrected chi connectivity index (χ4v) is 2.33. The largest absolute Gasteiger partial charge is 0.394 e. The topological polar surface area (TPSA) is 84.1 Å². The third-order valence-electron chi connectivity index (χ3n) is 3.42. The molecule has 1 atom stereocenters. The van der Waals surface area contributed by atoms with Crippen LogP contribution in [-0.2, 0) is 0 Å². The van der Waals surface area contributed by atoms with Gasteiger partial charge in [-0.25, -0.2) is 4.98 Å². The second-order valence-electron chi connectivity index (χ2n) is 5.07. The summed E-state index contributed by atoms with van der Waals surface area (Å²) in [5.41, 5.74) is 7.69. The lowest BCUT2D eigenvalue weighted by molar-refractivity contribution is 0.267. The van der Waals surface area contributed by atoms with Crippen LogP contribution in [0.5, 0.6) is 0 Å². The van der Waals surface area contributed by atoms with Gasteiger partial charge in [-0.1, -0.05) is 31.9 Å². The van der Waals surface area contributed by atoms with Crippen molar-refractivity contribution in [1.29, 1.82) is 0 Å². The molecule has 0 bridgehead atoms. The van der Waals surface area contributed by atoms with Gasteiger partial charge >= 0.3 is 0 Å². The smallest absolute Gasteiger partial charge is 0.222 e. The van der Waals surface area contributed by atoms with E-state index in [4.69, 9.17) is 5.73 Å². The number of hydrogen-bond acceptors (Lipinski definition) is 5. The Labute approximate surface area is 119 Å². The van der Waals surface area contributed by atoms with Crippen molar-refractivity contribution in [3.8, 4) is 0 Å². The summed E-state index contributed by atoms with van der Waals surface area (Å²) >= 11 is 0. The SMILES string of the molecule is CCCCC(CO)Nc1nc(N)nc2cccc(C)c12. The Kier molecular flexibility index (Phi) is 4.74. The summed E-state index contributed by atoms with van der Waals surface area (Å²) in [6, 6.07) is 5.89. The summed E-state index contributed by atoms with van der Waals surface area (Å²) in [4.78, 5) is 8.56. The molecule has 0 aliphatic heterocycles. The van der Waals surface area contributed by atoms with Gasteiger partial charge in [0, 0.05) is 5.39 Å². The Morgan fingerprint density at radius 3 is 2.85 bits per heavy atom. The first-order valence-corrected chi connectivity index (χ1v) is 7.06. The van der Waals surface area contributed by atoms with Crippen LogP contribution in [0.15, 0.2) is 18.2 Å². The van der Waals surface area contributed by atoms with E-state index in [0.29, 0.717) is 5.82 Å². The van der Waals surface area contributed by atoms with Crippen LogP contribution >= 0.6 is 0 Å². The van der Waals surface area contributed by atoms with Gasteiger partial charge in [0.15, 0.2) is 0 Å². The number of aromatic nitrogens is 2. The van der Waals surface area contributed by atoms with Crippen LogP contribution in [-0.4, -0.2) is 27.7 Å². The van der Waals surface area contributed by atoms with E-state index >= 15 is 0 Å². The standard InChI is InChI=1S/C15H22N4O/c1-3-4-7-11(9-20)17-14-13-10(2)6-5-8-12(13)18-15(16)19-14/h5-6,8,11,20H,3-4,7,9H2,1-2H3,(H3,16,17,18,19). The number of aryl methyl sites for hydroxylation is 1. The maximum Gasteiger partial charge on any atom is 0.222 e. The first-order valence-electron chi connectivity index (χ1n) is 7.06. The number of nitrogens with one attached hydrogen (secondary N) is 1. The molecule has 0 saturated heterocycles. The Bertz CT molecular complexity index is 585. The van der Waals surface area contributed by atoms with Crippen molar-refractivity contribution >= 4 is 22.7 Å². The highest BCUT2D eigenvalue weighted by atomic mass is 16.3. The van der Waals surface area contributed by atoms with Crippen molar-refractivity contribution in [3.05, 3.63) is 23.8 Å². The Morgan fingerprint density at radius 2 is 2.15 bits per heavy atom. The Balaban J connectivity index is 2.37. The number of anilines is 2. The van der Waals surface area contributed by atoms with Crippen LogP contribution in [0.25, 0.3) is 10.9 Å². The lowest BCUT2D eigenvalue weighted by atomic mass is 10.1. The summed E-state index contributed by atoms with van der Waals surface area (Å²) in [6.45, 7) is 4.24. The molecule has 4 N–H and O–H groups in total. The van der Waals surface area contributed by atoms with E-state index in [2.05, 4.69) is 22.2 Å². The molecule has 2 aromatic rings. The van der Waals surface area contributed by atoms with E-state index in [1.54, 1.807) is 0 Å². The summed E-state index contributed by atoms with van der Waals surface area (Å²) in [5.74, 6) is 0.957. The van der Waals surface area contributed by atoms with Crippen LogP contribution in [0.3, 0.4) is 0 Å². The molecular weight excluding hydrogens is 252 g/mol. The number of benzene rings is 1. The molecule has 0 aliphatic carbocycles. The van der Waals surface area contributed by atoms with Gasteiger partial charge in [0.2, 0.25) is 5.95 Å². The average Bonchev–Trinajstić information content (AvgIpc) is 2.42. The summed E-state index contributed by atoms with van der Waals surface area (Å²) < 4.78 is 0. The van der Waals surface area contributed by atoms with E-state index in [1.807, 2.05) is 25.1 Å². The highest BCUT2D eigenvalue weighted by Crippen LogP contribution is 2.25. The summed E-state index contributed by atoms with van der Waals surface area (Å²) in [5, 5.41) is 13.8. The molecular formula is C15H22N4O. The zero-order valence-electron chi connectivity index (χ0n) is 12.1.